The molecule has 84 valence electrons. The molecular formula is C12H9ClN4. The highest BCUT2D eigenvalue weighted by atomic mass is 35.5. The summed E-state index contributed by atoms with van der Waals surface area (Å²) in [6.07, 6.45) is 1.62. The lowest BCUT2D eigenvalue weighted by atomic mass is 10.1. The van der Waals surface area contributed by atoms with Gasteiger partial charge in [0.2, 0.25) is 0 Å². The Balaban J connectivity index is 2.32. The van der Waals surface area contributed by atoms with E-state index in [0.29, 0.717) is 10.8 Å². The maximum absolute atomic E-state index is 5.97. The quantitative estimate of drug-likeness (QED) is 0.692. The number of H-pyrrole nitrogens is 1. The number of aromatic amines is 1. The molecule has 0 atom stereocenters. The van der Waals surface area contributed by atoms with Crippen LogP contribution in [0, 0.1) is 0 Å². The van der Waals surface area contributed by atoms with E-state index < -0.39 is 0 Å². The Morgan fingerprint density at radius 2 is 2.12 bits per heavy atom. The predicted octanol–water partition coefficient (Wildman–Crippen LogP) is 2.86. The largest absolute Gasteiger partial charge is 0.384 e. The minimum absolute atomic E-state index is 0.455. The Hall–Kier alpha value is -2.07. The zero-order chi connectivity index (χ0) is 11.8. The zero-order valence-electron chi connectivity index (χ0n) is 8.81. The molecule has 3 N–H and O–H groups in total. The smallest absolute Gasteiger partial charge is 0.126 e. The lowest BCUT2D eigenvalue weighted by molar-refractivity contribution is 1.33. The highest BCUT2D eigenvalue weighted by Gasteiger charge is 2.09. The van der Waals surface area contributed by atoms with Crippen LogP contribution in [0.25, 0.3) is 22.3 Å². The van der Waals surface area contributed by atoms with Crippen LogP contribution in [0.1, 0.15) is 0 Å². The molecule has 0 bridgehead atoms. The highest BCUT2D eigenvalue weighted by molar-refractivity contribution is 6.30. The number of rotatable bonds is 1. The molecule has 1 aromatic carbocycles. The molecule has 2 aromatic heterocycles. The van der Waals surface area contributed by atoms with Gasteiger partial charge in [0.1, 0.15) is 17.0 Å². The van der Waals surface area contributed by atoms with E-state index in [9.17, 15) is 0 Å². The normalized spacial score (nSPS) is 10.9. The van der Waals surface area contributed by atoms with Crippen molar-refractivity contribution in [1.82, 2.24) is 15.0 Å². The fourth-order valence-electron chi connectivity index (χ4n) is 1.80. The van der Waals surface area contributed by atoms with Crippen LogP contribution in [0.15, 0.2) is 36.7 Å². The Kier molecular flexibility index (Phi) is 2.23. The van der Waals surface area contributed by atoms with Gasteiger partial charge in [0.05, 0.1) is 11.8 Å². The van der Waals surface area contributed by atoms with Crippen LogP contribution in [-0.2, 0) is 0 Å². The van der Waals surface area contributed by atoms with E-state index in [1.165, 1.54) is 0 Å². The number of imidazole rings is 1. The summed E-state index contributed by atoms with van der Waals surface area (Å²) >= 11 is 5.97. The molecule has 5 heteroatoms. The Bertz CT molecular complexity index is 690. The van der Waals surface area contributed by atoms with E-state index in [1.54, 1.807) is 12.4 Å². The highest BCUT2D eigenvalue weighted by Crippen LogP contribution is 2.27. The van der Waals surface area contributed by atoms with E-state index in [1.807, 2.05) is 24.3 Å². The van der Waals surface area contributed by atoms with E-state index in [0.717, 1.165) is 22.3 Å². The summed E-state index contributed by atoms with van der Waals surface area (Å²) in [5.74, 6) is 0.455. The number of nitrogens with zero attached hydrogens (tertiary/aromatic N) is 2. The molecule has 0 amide bonds. The number of halogens is 1. The minimum Gasteiger partial charge on any atom is -0.384 e. The molecule has 0 spiro atoms. The molecule has 0 aliphatic heterocycles. The maximum Gasteiger partial charge on any atom is 0.126 e. The molecule has 0 aliphatic rings. The molecule has 0 saturated carbocycles. The van der Waals surface area contributed by atoms with Gasteiger partial charge in [0.15, 0.2) is 0 Å². The number of aromatic nitrogens is 3. The van der Waals surface area contributed by atoms with E-state index >= 15 is 0 Å². The molecular weight excluding hydrogens is 236 g/mol. The van der Waals surface area contributed by atoms with Gasteiger partial charge in [-0.25, -0.2) is 9.97 Å². The van der Waals surface area contributed by atoms with Crippen LogP contribution in [0.2, 0.25) is 5.02 Å². The standard InChI is InChI=1S/C12H9ClN4/c13-8-3-1-2-7(4-8)11-12-9(15-6-16-12)5-10(14)17-11/h1-6H,(H2,14,17)(H,15,16). The van der Waals surface area contributed by atoms with Crippen LogP contribution in [-0.4, -0.2) is 15.0 Å². The van der Waals surface area contributed by atoms with Crippen molar-refractivity contribution in [3.05, 3.63) is 41.7 Å². The second-order valence-corrected chi connectivity index (χ2v) is 4.14. The van der Waals surface area contributed by atoms with Gasteiger partial charge < -0.3 is 10.7 Å². The van der Waals surface area contributed by atoms with Gasteiger partial charge in [0.25, 0.3) is 0 Å². The van der Waals surface area contributed by atoms with Crippen LogP contribution in [0.3, 0.4) is 0 Å². The summed E-state index contributed by atoms with van der Waals surface area (Å²) in [6, 6.07) is 9.23. The Morgan fingerprint density at radius 3 is 2.94 bits per heavy atom. The van der Waals surface area contributed by atoms with Crippen LogP contribution >= 0.6 is 11.6 Å². The van der Waals surface area contributed by atoms with Crippen molar-refractivity contribution in [3.63, 3.8) is 0 Å². The number of pyridine rings is 1. The molecule has 2 heterocycles. The summed E-state index contributed by atoms with van der Waals surface area (Å²) in [6.45, 7) is 0. The first kappa shape index (κ1) is 10.1. The third-order valence-electron chi connectivity index (χ3n) is 2.52. The number of hydrogen-bond acceptors (Lipinski definition) is 3. The lowest BCUT2D eigenvalue weighted by Crippen LogP contribution is -1.93. The molecule has 0 unspecified atom stereocenters. The number of nitrogens with two attached hydrogens (primary N) is 1. The number of benzene rings is 1. The van der Waals surface area contributed by atoms with Gasteiger partial charge in [-0.15, -0.1) is 0 Å². The fourth-order valence-corrected chi connectivity index (χ4v) is 1.99. The van der Waals surface area contributed by atoms with Crippen molar-refractivity contribution in [2.75, 3.05) is 5.73 Å². The second kappa shape index (κ2) is 3.75. The summed E-state index contributed by atoms with van der Waals surface area (Å²) < 4.78 is 0. The summed E-state index contributed by atoms with van der Waals surface area (Å²) in [5, 5.41) is 0.662. The topological polar surface area (TPSA) is 67.6 Å². The van der Waals surface area contributed by atoms with Crippen molar-refractivity contribution in [2.45, 2.75) is 0 Å². The molecule has 3 aromatic rings. The summed E-state index contributed by atoms with van der Waals surface area (Å²) in [4.78, 5) is 11.6. The molecule has 3 rings (SSSR count). The van der Waals surface area contributed by atoms with Crippen molar-refractivity contribution in [3.8, 4) is 11.3 Å². The van der Waals surface area contributed by atoms with Gasteiger partial charge >= 0.3 is 0 Å². The van der Waals surface area contributed by atoms with Crippen molar-refractivity contribution >= 4 is 28.5 Å². The van der Waals surface area contributed by atoms with Gasteiger partial charge in [-0.2, -0.15) is 0 Å². The average molecular weight is 245 g/mol. The molecule has 0 radical (unpaired) electrons. The number of nitrogens with one attached hydrogen (secondary N) is 1. The molecule has 0 fully saturated rings. The van der Waals surface area contributed by atoms with E-state index in [4.69, 9.17) is 17.3 Å². The second-order valence-electron chi connectivity index (χ2n) is 3.70. The maximum atomic E-state index is 5.97. The van der Waals surface area contributed by atoms with Crippen molar-refractivity contribution in [2.24, 2.45) is 0 Å². The van der Waals surface area contributed by atoms with Crippen LogP contribution in [0.4, 0.5) is 5.82 Å². The Morgan fingerprint density at radius 1 is 1.24 bits per heavy atom. The first-order chi connectivity index (χ1) is 8.24. The lowest BCUT2D eigenvalue weighted by Gasteiger charge is -2.03. The first-order valence-corrected chi connectivity index (χ1v) is 5.47. The first-order valence-electron chi connectivity index (χ1n) is 5.09. The van der Waals surface area contributed by atoms with Gasteiger partial charge in [-0.3, -0.25) is 0 Å². The summed E-state index contributed by atoms with van der Waals surface area (Å²) in [7, 11) is 0. The SMILES string of the molecule is Nc1cc2[nH]cnc2c(-c2cccc(Cl)c2)n1. The van der Waals surface area contributed by atoms with E-state index in [-0.39, 0.29) is 0 Å². The number of fused-ring (bicyclic) bond motifs is 1. The van der Waals surface area contributed by atoms with Crippen LogP contribution in [0.5, 0.6) is 0 Å². The third kappa shape index (κ3) is 1.72. The van der Waals surface area contributed by atoms with Gasteiger partial charge in [-0.1, -0.05) is 23.7 Å². The number of anilines is 1. The molecule has 0 aliphatic carbocycles. The van der Waals surface area contributed by atoms with E-state index in [2.05, 4.69) is 15.0 Å². The van der Waals surface area contributed by atoms with Crippen molar-refractivity contribution in [1.29, 1.82) is 0 Å². The van der Waals surface area contributed by atoms with Crippen LogP contribution < -0.4 is 5.73 Å². The molecule has 4 nitrogen and oxygen atoms in total. The van der Waals surface area contributed by atoms with Gasteiger partial charge in [-0.05, 0) is 12.1 Å². The molecule has 0 saturated heterocycles. The monoisotopic (exact) mass is 244 g/mol. The number of hydrogen-bond donors (Lipinski definition) is 2. The van der Waals surface area contributed by atoms with Gasteiger partial charge in [0, 0.05) is 16.7 Å². The zero-order valence-corrected chi connectivity index (χ0v) is 9.57. The molecule has 17 heavy (non-hydrogen) atoms. The minimum atomic E-state index is 0.455. The Labute approximate surface area is 102 Å². The third-order valence-corrected chi connectivity index (χ3v) is 2.76. The fraction of sp³-hybridized carbons (Fsp3) is 0. The number of nitrogen functional groups attached to an aromatic ring is 1. The summed E-state index contributed by atoms with van der Waals surface area (Å²) in [5.41, 5.74) is 9.07. The van der Waals surface area contributed by atoms with Crippen molar-refractivity contribution < 1.29 is 0 Å². The average Bonchev–Trinajstić information content (AvgIpc) is 2.75. The predicted molar refractivity (Wildman–Crippen MR) is 68.7 cm³/mol.